The van der Waals surface area contributed by atoms with Gasteiger partial charge in [0.25, 0.3) is 0 Å². The van der Waals surface area contributed by atoms with Crippen LogP contribution in [0.4, 0.5) is 4.39 Å². The fraction of sp³-hybridized carbons (Fsp3) is 0.600. The normalized spacial score (nSPS) is 17.5. The summed E-state index contributed by atoms with van der Waals surface area (Å²) < 4.78 is 13.1. The van der Waals surface area contributed by atoms with Crippen LogP contribution in [0.2, 0.25) is 0 Å². The monoisotopic (exact) mass is 266 g/mol. The molecule has 1 aromatic carbocycles. The standard InChI is InChI=1S/C15H23FN2O/c16-13-4-1-3-12(11-13)15(17)7-8-18(9-10-19)14-5-2-6-14/h1,3-4,11,14-15,19H,2,5-10,17H2. The minimum absolute atomic E-state index is 0.142. The van der Waals surface area contributed by atoms with Crippen molar-refractivity contribution in [1.82, 2.24) is 4.90 Å². The number of hydrogen-bond donors (Lipinski definition) is 2. The Morgan fingerprint density at radius 1 is 1.37 bits per heavy atom. The predicted octanol–water partition coefficient (Wildman–Crippen LogP) is 2.06. The van der Waals surface area contributed by atoms with Gasteiger partial charge in [-0.3, -0.25) is 4.90 Å². The molecule has 19 heavy (non-hydrogen) atoms. The fourth-order valence-corrected chi connectivity index (χ4v) is 2.57. The highest BCUT2D eigenvalue weighted by atomic mass is 19.1. The summed E-state index contributed by atoms with van der Waals surface area (Å²) in [5, 5.41) is 9.10. The van der Waals surface area contributed by atoms with Crippen LogP contribution in [0.25, 0.3) is 0 Å². The maximum absolute atomic E-state index is 13.1. The van der Waals surface area contributed by atoms with Gasteiger partial charge in [-0.25, -0.2) is 4.39 Å². The molecule has 2 rings (SSSR count). The highest BCUT2D eigenvalue weighted by Gasteiger charge is 2.24. The number of rotatable bonds is 7. The van der Waals surface area contributed by atoms with Crippen molar-refractivity contribution in [2.45, 2.75) is 37.8 Å². The Morgan fingerprint density at radius 2 is 2.16 bits per heavy atom. The number of benzene rings is 1. The third kappa shape index (κ3) is 4.00. The molecule has 1 atom stereocenters. The van der Waals surface area contributed by atoms with Crippen molar-refractivity contribution < 1.29 is 9.50 Å². The van der Waals surface area contributed by atoms with Crippen molar-refractivity contribution in [1.29, 1.82) is 0 Å². The first kappa shape index (κ1) is 14.4. The van der Waals surface area contributed by atoms with E-state index < -0.39 is 0 Å². The first-order valence-electron chi connectivity index (χ1n) is 7.06. The SMILES string of the molecule is NC(CCN(CCO)C1CCC1)c1cccc(F)c1. The highest BCUT2D eigenvalue weighted by molar-refractivity contribution is 5.19. The van der Waals surface area contributed by atoms with Gasteiger partial charge in [0.1, 0.15) is 5.82 Å². The summed E-state index contributed by atoms with van der Waals surface area (Å²) in [5.74, 6) is -0.237. The molecule has 1 aliphatic rings. The van der Waals surface area contributed by atoms with Crippen molar-refractivity contribution in [2.75, 3.05) is 19.7 Å². The van der Waals surface area contributed by atoms with Gasteiger partial charge in [-0.05, 0) is 37.0 Å². The molecule has 0 amide bonds. The van der Waals surface area contributed by atoms with Gasteiger partial charge in [0, 0.05) is 25.2 Å². The maximum Gasteiger partial charge on any atom is 0.123 e. The quantitative estimate of drug-likeness (QED) is 0.794. The smallest absolute Gasteiger partial charge is 0.123 e. The van der Waals surface area contributed by atoms with E-state index in [0.717, 1.165) is 18.5 Å². The Balaban J connectivity index is 1.85. The van der Waals surface area contributed by atoms with Gasteiger partial charge >= 0.3 is 0 Å². The van der Waals surface area contributed by atoms with Gasteiger partial charge < -0.3 is 10.8 Å². The summed E-state index contributed by atoms with van der Waals surface area (Å²) in [6.07, 6.45) is 4.51. The van der Waals surface area contributed by atoms with Crippen molar-refractivity contribution in [3.8, 4) is 0 Å². The number of hydrogen-bond acceptors (Lipinski definition) is 3. The molecule has 0 heterocycles. The van der Waals surface area contributed by atoms with E-state index in [1.807, 2.05) is 6.07 Å². The Hall–Kier alpha value is -0.970. The Kier molecular flexibility index (Phi) is 5.31. The minimum Gasteiger partial charge on any atom is -0.395 e. The van der Waals surface area contributed by atoms with Crippen LogP contribution in [0.15, 0.2) is 24.3 Å². The summed E-state index contributed by atoms with van der Waals surface area (Å²) >= 11 is 0. The number of nitrogens with zero attached hydrogens (tertiary/aromatic N) is 1. The summed E-state index contributed by atoms with van der Waals surface area (Å²) in [6.45, 7) is 1.76. The molecular formula is C15H23FN2O. The molecule has 1 saturated carbocycles. The predicted molar refractivity (Wildman–Crippen MR) is 74.2 cm³/mol. The zero-order valence-corrected chi connectivity index (χ0v) is 11.3. The summed E-state index contributed by atoms with van der Waals surface area (Å²) in [5.41, 5.74) is 6.96. The van der Waals surface area contributed by atoms with Crippen LogP contribution < -0.4 is 5.73 Å². The number of nitrogens with two attached hydrogens (primary N) is 1. The van der Waals surface area contributed by atoms with Crippen molar-refractivity contribution in [3.63, 3.8) is 0 Å². The summed E-state index contributed by atoms with van der Waals surface area (Å²) in [4.78, 5) is 2.31. The van der Waals surface area contributed by atoms with Gasteiger partial charge in [0.15, 0.2) is 0 Å². The van der Waals surface area contributed by atoms with Gasteiger partial charge in [-0.2, -0.15) is 0 Å². The molecule has 0 aromatic heterocycles. The van der Waals surface area contributed by atoms with Crippen LogP contribution >= 0.6 is 0 Å². The van der Waals surface area contributed by atoms with E-state index in [4.69, 9.17) is 10.8 Å². The number of aliphatic hydroxyl groups is 1. The number of halogens is 1. The van der Waals surface area contributed by atoms with E-state index in [2.05, 4.69) is 4.90 Å². The molecule has 1 fully saturated rings. The van der Waals surface area contributed by atoms with Gasteiger partial charge in [0.05, 0.1) is 6.61 Å². The lowest BCUT2D eigenvalue weighted by Gasteiger charge is -2.37. The number of aliphatic hydroxyl groups excluding tert-OH is 1. The first-order chi connectivity index (χ1) is 9.20. The maximum atomic E-state index is 13.1. The van der Waals surface area contributed by atoms with Crippen LogP contribution in [0.1, 0.15) is 37.3 Å². The average Bonchev–Trinajstić information content (AvgIpc) is 2.33. The van der Waals surface area contributed by atoms with Crippen LogP contribution in [-0.4, -0.2) is 35.7 Å². The molecule has 0 radical (unpaired) electrons. The van der Waals surface area contributed by atoms with E-state index in [1.165, 1.54) is 31.4 Å². The van der Waals surface area contributed by atoms with Crippen LogP contribution in [0.5, 0.6) is 0 Å². The lowest BCUT2D eigenvalue weighted by Crippen LogP contribution is -2.43. The van der Waals surface area contributed by atoms with Crippen LogP contribution in [0.3, 0.4) is 0 Å². The molecule has 1 aliphatic carbocycles. The second-order valence-corrected chi connectivity index (χ2v) is 5.29. The van der Waals surface area contributed by atoms with Crippen LogP contribution in [-0.2, 0) is 0 Å². The second kappa shape index (κ2) is 6.98. The first-order valence-corrected chi connectivity index (χ1v) is 7.06. The zero-order valence-electron chi connectivity index (χ0n) is 11.3. The molecule has 1 unspecified atom stereocenters. The van der Waals surface area contributed by atoms with E-state index in [9.17, 15) is 4.39 Å². The largest absolute Gasteiger partial charge is 0.395 e. The molecule has 106 valence electrons. The third-order valence-electron chi connectivity index (χ3n) is 3.98. The van der Waals surface area contributed by atoms with E-state index in [0.29, 0.717) is 12.6 Å². The lowest BCUT2D eigenvalue weighted by atomic mass is 9.91. The van der Waals surface area contributed by atoms with Gasteiger partial charge in [0.2, 0.25) is 0 Å². The van der Waals surface area contributed by atoms with Gasteiger partial charge in [-0.1, -0.05) is 18.6 Å². The molecule has 0 aliphatic heterocycles. The van der Waals surface area contributed by atoms with Crippen molar-refractivity contribution >= 4 is 0 Å². The van der Waals surface area contributed by atoms with E-state index in [1.54, 1.807) is 6.07 Å². The fourth-order valence-electron chi connectivity index (χ4n) is 2.57. The molecular weight excluding hydrogens is 243 g/mol. The van der Waals surface area contributed by atoms with Gasteiger partial charge in [-0.15, -0.1) is 0 Å². The summed E-state index contributed by atoms with van der Waals surface area (Å²) in [7, 11) is 0. The molecule has 1 aromatic rings. The molecule has 3 nitrogen and oxygen atoms in total. The zero-order chi connectivity index (χ0) is 13.7. The molecule has 0 saturated heterocycles. The summed E-state index contributed by atoms with van der Waals surface area (Å²) in [6, 6.07) is 6.96. The van der Waals surface area contributed by atoms with Crippen LogP contribution in [0, 0.1) is 5.82 Å². The van der Waals surface area contributed by atoms with E-state index in [-0.39, 0.29) is 18.5 Å². The third-order valence-corrected chi connectivity index (χ3v) is 3.98. The molecule has 0 bridgehead atoms. The topological polar surface area (TPSA) is 49.5 Å². The lowest BCUT2D eigenvalue weighted by molar-refractivity contribution is 0.0982. The van der Waals surface area contributed by atoms with E-state index >= 15 is 0 Å². The highest BCUT2D eigenvalue weighted by Crippen LogP contribution is 2.25. The molecule has 4 heteroatoms. The molecule has 3 N–H and O–H groups in total. The average molecular weight is 266 g/mol. The second-order valence-electron chi connectivity index (χ2n) is 5.29. The molecule has 0 spiro atoms. The minimum atomic E-state index is -0.237. The Morgan fingerprint density at radius 3 is 2.74 bits per heavy atom. The Labute approximate surface area is 114 Å². The van der Waals surface area contributed by atoms with Crippen molar-refractivity contribution in [3.05, 3.63) is 35.6 Å². The Bertz CT molecular complexity index is 395. The van der Waals surface area contributed by atoms with Crippen molar-refractivity contribution in [2.24, 2.45) is 5.73 Å².